The van der Waals surface area contributed by atoms with Crippen LogP contribution in [0.4, 0.5) is 13.2 Å². The second-order valence-electron chi connectivity index (χ2n) is 9.88. The van der Waals surface area contributed by atoms with Crippen molar-refractivity contribution in [2.24, 2.45) is 11.7 Å². The maximum absolute atomic E-state index is 14.1. The molecule has 34 heavy (non-hydrogen) atoms. The molecule has 2 N–H and O–H groups in total. The van der Waals surface area contributed by atoms with Gasteiger partial charge in [0, 0.05) is 44.9 Å². The first-order chi connectivity index (χ1) is 15.8. The molecular formula is C23H34F3N3O4S. The van der Waals surface area contributed by atoms with Crippen LogP contribution in [0.5, 0.6) is 0 Å². The van der Waals surface area contributed by atoms with Gasteiger partial charge in [-0.2, -0.15) is 0 Å². The Morgan fingerprint density at radius 1 is 1.18 bits per heavy atom. The van der Waals surface area contributed by atoms with Crippen molar-refractivity contribution < 1.29 is 31.1 Å². The molecule has 3 rings (SSSR count). The molecule has 11 heteroatoms. The number of fused-ring (bicyclic) bond motifs is 2. The van der Waals surface area contributed by atoms with Crippen LogP contribution >= 0.6 is 0 Å². The lowest BCUT2D eigenvalue weighted by Crippen LogP contribution is -2.59. The largest absolute Gasteiger partial charge is 0.383 e. The number of sulfonamides is 1. The highest BCUT2D eigenvalue weighted by atomic mass is 32.2. The van der Waals surface area contributed by atoms with Crippen molar-refractivity contribution in [1.29, 1.82) is 0 Å². The van der Waals surface area contributed by atoms with Crippen molar-refractivity contribution >= 4 is 15.9 Å². The minimum absolute atomic E-state index is 0.0172. The monoisotopic (exact) mass is 505 g/mol. The summed E-state index contributed by atoms with van der Waals surface area (Å²) in [5.41, 5.74) is 6.37. The Labute approximate surface area is 199 Å². The number of piperidine rings is 1. The predicted octanol–water partition coefficient (Wildman–Crippen LogP) is 2.43. The van der Waals surface area contributed by atoms with Crippen LogP contribution in [0.3, 0.4) is 0 Å². The molecule has 0 aromatic heterocycles. The van der Waals surface area contributed by atoms with Crippen LogP contribution in [0.2, 0.25) is 0 Å². The molecule has 2 bridgehead atoms. The lowest BCUT2D eigenvalue weighted by Gasteiger charge is -2.44. The summed E-state index contributed by atoms with van der Waals surface area (Å²) >= 11 is 0. The highest BCUT2D eigenvalue weighted by Gasteiger charge is 2.53. The first-order valence-electron chi connectivity index (χ1n) is 11.5. The number of ether oxygens (including phenoxy) is 1. The smallest absolute Gasteiger partial charge is 0.245 e. The molecule has 2 aliphatic heterocycles. The van der Waals surface area contributed by atoms with E-state index < -0.39 is 44.2 Å². The van der Waals surface area contributed by atoms with E-state index in [4.69, 9.17) is 10.5 Å². The fraction of sp³-hybridized carbons (Fsp3) is 0.696. The summed E-state index contributed by atoms with van der Waals surface area (Å²) in [5, 5.41) is 0. The number of nitrogens with zero attached hydrogens (tertiary/aromatic N) is 2. The molecule has 2 heterocycles. The molecule has 1 aromatic carbocycles. The number of carbonyl (C=O) groups is 1. The number of nitrogens with two attached hydrogens (primary N) is 1. The molecule has 1 aromatic rings. The number of carbonyl (C=O) groups excluding carboxylic acids is 1. The van der Waals surface area contributed by atoms with E-state index in [0.29, 0.717) is 18.9 Å². The van der Waals surface area contributed by atoms with Gasteiger partial charge in [-0.25, -0.2) is 25.9 Å². The van der Waals surface area contributed by atoms with Gasteiger partial charge in [0.2, 0.25) is 15.9 Å². The Kier molecular flexibility index (Phi) is 8.01. The van der Waals surface area contributed by atoms with Crippen LogP contribution in [-0.2, 0) is 26.0 Å². The standard InChI is InChI=1S/C23H34F3N3O4S/c1-23(2,34(31,32)28(3)7-8-33-4)22(30)29-16-5-6-17(29)10-15(9-16)21(27)12-14-11-19(25)20(26)13-18(14)24/h11,13,15-17,21H,5-10,12,27H2,1-4H3/t15?,16-,17+,21-/m1/s1. The van der Waals surface area contributed by atoms with Crippen molar-refractivity contribution in [3.8, 4) is 0 Å². The summed E-state index contributed by atoms with van der Waals surface area (Å²) in [6.07, 6.45) is 2.60. The molecule has 0 radical (unpaired) electrons. The summed E-state index contributed by atoms with van der Waals surface area (Å²) in [4.78, 5) is 15.2. The maximum atomic E-state index is 14.1. The van der Waals surface area contributed by atoms with Gasteiger partial charge in [0.1, 0.15) is 5.82 Å². The minimum atomic E-state index is -3.93. The predicted molar refractivity (Wildman–Crippen MR) is 122 cm³/mol. The van der Waals surface area contributed by atoms with Crippen LogP contribution in [-0.4, -0.2) is 73.7 Å². The number of amides is 1. The molecule has 1 unspecified atom stereocenters. The molecule has 1 amide bonds. The molecule has 0 aliphatic carbocycles. The van der Waals surface area contributed by atoms with Crippen LogP contribution in [0, 0.1) is 23.4 Å². The van der Waals surface area contributed by atoms with Crippen LogP contribution < -0.4 is 5.73 Å². The summed E-state index contributed by atoms with van der Waals surface area (Å²) in [7, 11) is -1.02. The maximum Gasteiger partial charge on any atom is 0.245 e. The van der Waals surface area contributed by atoms with Crippen LogP contribution in [0.25, 0.3) is 0 Å². The van der Waals surface area contributed by atoms with Crippen molar-refractivity contribution in [3.63, 3.8) is 0 Å². The topological polar surface area (TPSA) is 92.9 Å². The fourth-order valence-electron chi connectivity index (χ4n) is 5.19. The van der Waals surface area contributed by atoms with Gasteiger partial charge in [-0.1, -0.05) is 0 Å². The van der Waals surface area contributed by atoms with E-state index in [1.165, 1.54) is 28.0 Å². The number of rotatable bonds is 9. The Balaban J connectivity index is 1.72. The molecule has 7 nitrogen and oxygen atoms in total. The lowest BCUT2D eigenvalue weighted by molar-refractivity contribution is -0.138. The summed E-state index contributed by atoms with van der Waals surface area (Å²) in [5.74, 6) is -3.70. The van der Waals surface area contributed by atoms with Gasteiger partial charge in [0.05, 0.1) is 6.61 Å². The third kappa shape index (κ3) is 4.98. The summed E-state index contributed by atoms with van der Waals surface area (Å²) in [6.45, 7) is 3.21. The summed E-state index contributed by atoms with van der Waals surface area (Å²) in [6, 6.07) is 0.517. The van der Waals surface area contributed by atoms with E-state index in [2.05, 4.69) is 0 Å². The molecule has 2 fully saturated rings. The molecule has 2 aliphatic rings. The van der Waals surface area contributed by atoms with Crippen molar-refractivity contribution in [1.82, 2.24) is 9.21 Å². The second-order valence-corrected chi connectivity index (χ2v) is 12.5. The van der Waals surface area contributed by atoms with Crippen LogP contribution in [0.1, 0.15) is 45.1 Å². The van der Waals surface area contributed by atoms with E-state index in [0.717, 1.165) is 23.2 Å². The van der Waals surface area contributed by atoms with Gasteiger partial charge in [-0.3, -0.25) is 4.79 Å². The van der Waals surface area contributed by atoms with Gasteiger partial charge >= 0.3 is 0 Å². The summed E-state index contributed by atoms with van der Waals surface area (Å²) < 4.78 is 71.7. The Hall–Kier alpha value is -1.69. The number of hydrogen-bond acceptors (Lipinski definition) is 5. The number of methoxy groups -OCH3 is 1. The lowest BCUT2D eigenvalue weighted by atomic mass is 9.82. The molecular weight excluding hydrogens is 471 g/mol. The zero-order valence-electron chi connectivity index (χ0n) is 20.1. The Bertz CT molecular complexity index is 1010. The number of likely N-dealkylation sites (N-methyl/N-ethyl adjacent to an activating group) is 1. The van der Waals surface area contributed by atoms with Crippen molar-refractivity contribution in [3.05, 3.63) is 35.1 Å². The third-order valence-electron chi connectivity index (χ3n) is 7.34. The molecule has 4 atom stereocenters. The fourth-order valence-corrected chi connectivity index (χ4v) is 6.61. The first-order valence-corrected chi connectivity index (χ1v) is 12.9. The van der Waals surface area contributed by atoms with Crippen LogP contribution in [0.15, 0.2) is 12.1 Å². The van der Waals surface area contributed by atoms with E-state index in [-0.39, 0.29) is 43.1 Å². The minimum Gasteiger partial charge on any atom is -0.383 e. The number of benzene rings is 1. The number of halogens is 3. The molecule has 2 saturated heterocycles. The zero-order chi connectivity index (χ0) is 25.4. The van der Waals surface area contributed by atoms with Crippen molar-refractivity contribution in [2.75, 3.05) is 27.3 Å². The number of hydrogen-bond donors (Lipinski definition) is 1. The first kappa shape index (κ1) is 26.9. The molecule has 0 saturated carbocycles. The second kappa shape index (κ2) is 10.1. The van der Waals surface area contributed by atoms with E-state index in [9.17, 15) is 26.4 Å². The highest BCUT2D eigenvalue weighted by molar-refractivity contribution is 7.91. The average molecular weight is 506 g/mol. The Morgan fingerprint density at radius 3 is 2.29 bits per heavy atom. The van der Waals surface area contributed by atoms with Gasteiger partial charge in [-0.05, 0) is 63.5 Å². The SMILES string of the molecule is COCCN(C)S(=O)(=O)C(C)(C)C(=O)N1[C@@H]2CC[C@H]1CC([C@H](N)Cc1cc(F)c(F)cc1F)C2. The van der Waals surface area contributed by atoms with Gasteiger partial charge < -0.3 is 15.4 Å². The van der Waals surface area contributed by atoms with E-state index in [1.54, 1.807) is 4.90 Å². The van der Waals surface area contributed by atoms with Gasteiger partial charge in [0.25, 0.3) is 0 Å². The molecule has 0 spiro atoms. The average Bonchev–Trinajstić information content (AvgIpc) is 3.03. The van der Waals surface area contributed by atoms with Gasteiger partial charge in [0.15, 0.2) is 16.4 Å². The Morgan fingerprint density at radius 2 is 1.74 bits per heavy atom. The van der Waals surface area contributed by atoms with Crippen molar-refractivity contribution in [2.45, 2.75) is 68.8 Å². The zero-order valence-corrected chi connectivity index (χ0v) is 20.9. The third-order valence-corrected chi connectivity index (χ3v) is 9.80. The van der Waals surface area contributed by atoms with E-state index >= 15 is 0 Å². The highest BCUT2D eigenvalue weighted by Crippen LogP contribution is 2.42. The normalized spacial score (nSPS) is 24.0. The van der Waals surface area contributed by atoms with E-state index in [1.807, 2.05) is 0 Å². The van der Waals surface area contributed by atoms with Gasteiger partial charge in [-0.15, -0.1) is 0 Å². The molecule has 192 valence electrons. The quantitative estimate of drug-likeness (QED) is 0.521.